The fourth-order valence-electron chi connectivity index (χ4n) is 1.50. The lowest BCUT2D eigenvalue weighted by molar-refractivity contribution is -0.384. The number of anilines is 1. The van der Waals surface area contributed by atoms with Crippen LogP contribution in [-0.4, -0.2) is 23.2 Å². The normalized spacial score (nSPS) is 11.1. The highest BCUT2D eigenvalue weighted by Crippen LogP contribution is 2.25. The van der Waals surface area contributed by atoms with Crippen molar-refractivity contribution in [2.45, 2.75) is 27.2 Å². The van der Waals surface area contributed by atoms with Crippen LogP contribution in [-0.2, 0) is 9.53 Å². The van der Waals surface area contributed by atoms with Gasteiger partial charge < -0.3 is 4.74 Å². The van der Waals surface area contributed by atoms with Gasteiger partial charge in [-0.1, -0.05) is 6.07 Å². The lowest BCUT2D eigenvalue weighted by atomic mass is 10.2. The Morgan fingerprint density at radius 3 is 2.80 bits per heavy atom. The third-order valence-electron chi connectivity index (χ3n) is 2.42. The molecule has 0 aliphatic rings. The van der Waals surface area contributed by atoms with Gasteiger partial charge in [-0.25, -0.2) is 0 Å². The van der Waals surface area contributed by atoms with Crippen molar-refractivity contribution in [3.63, 3.8) is 0 Å². The topological polar surface area (TPSA) is 93.8 Å². The van der Waals surface area contributed by atoms with E-state index in [1.54, 1.807) is 32.9 Å². The van der Waals surface area contributed by atoms with E-state index in [9.17, 15) is 14.9 Å². The van der Waals surface area contributed by atoms with E-state index >= 15 is 0 Å². The molecule has 0 radical (unpaired) electrons. The van der Waals surface area contributed by atoms with Crippen molar-refractivity contribution in [2.24, 2.45) is 5.10 Å². The van der Waals surface area contributed by atoms with Crippen molar-refractivity contribution in [1.82, 2.24) is 0 Å². The highest BCUT2D eigenvalue weighted by atomic mass is 16.6. The van der Waals surface area contributed by atoms with E-state index in [-0.39, 0.29) is 23.8 Å². The maximum Gasteiger partial charge on any atom is 0.311 e. The molecule has 108 valence electrons. The quantitative estimate of drug-likeness (QED) is 0.374. The molecule has 0 saturated heterocycles. The van der Waals surface area contributed by atoms with Gasteiger partial charge in [0.25, 0.3) is 5.69 Å². The van der Waals surface area contributed by atoms with Gasteiger partial charge in [-0.2, -0.15) is 5.10 Å². The van der Waals surface area contributed by atoms with E-state index in [0.717, 1.165) is 5.56 Å². The monoisotopic (exact) mass is 279 g/mol. The highest BCUT2D eigenvalue weighted by molar-refractivity contribution is 5.97. The standard InChI is InChI=1S/C13H17N3O4/c1-4-20-13(17)8-10(3)14-15-11-6-5-9(2)7-12(11)16(18)19/h5-7,15H,4,8H2,1-3H3/b14-10+. The number of nitro benzene ring substituents is 1. The molecule has 0 heterocycles. The predicted molar refractivity (Wildman–Crippen MR) is 75.8 cm³/mol. The molecular weight excluding hydrogens is 262 g/mol. The minimum atomic E-state index is -0.481. The van der Waals surface area contributed by atoms with E-state index in [4.69, 9.17) is 4.74 Å². The van der Waals surface area contributed by atoms with E-state index in [1.807, 2.05) is 0 Å². The highest BCUT2D eigenvalue weighted by Gasteiger charge is 2.13. The van der Waals surface area contributed by atoms with Crippen LogP contribution in [0.25, 0.3) is 0 Å². The molecule has 0 atom stereocenters. The molecule has 1 aromatic rings. The van der Waals surface area contributed by atoms with Crippen molar-refractivity contribution >= 4 is 23.1 Å². The molecule has 0 amide bonds. The molecule has 0 aromatic heterocycles. The van der Waals surface area contributed by atoms with Crippen LogP contribution in [0.15, 0.2) is 23.3 Å². The fourth-order valence-corrected chi connectivity index (χ4v) is 1.50. The van der Waals surface area contributed by atoms with E-state index in [2.05, 4.69) is 10.5 Å². The lowest BCUT2D eigenvalue weighted by Gasteiger charge is -2.05. The molecule has 1 rings (SSSR count). The zero-order valence-electron chi connectivity index (χ0n) is 11.7. The van der Waals surface area contributed by atoms with Gasteiger partial charge >= 0.3 is 5.97 Å². The first-order chi connectivity index (χ1) is 9.43. The number of carbonyl (C=O) groups excluding carboxylic acids is 1. The number of hydrogen-bond donors (Lipinski definition) is 1. The summed E-state index contributed by atoms with van der Waals surface area (Å²) in [4.78, 5) is 21.7. The smallest absolute Gasteiger partial charge is 0.311 e. The molecule has 0 unspecified atom stereocenters. The summed E-state index contributed by atoms with van der Waals surface area (Å²) in [5.74, 6) is -0.381. The van der Waals surface area contributed by atoms with Crippen molar-refractivity contribution < 1.29 is 14.5 Å². The van der Waals surface area contributed by atoms with E-state index in [1.165, 1.54) is 6.07 Å². The molecule has 7 nitrogen and oxygen atoms in total. The zero-order valence-corrected chi connectivity index (χ0v) is 11.7. The van der Waals surface area contributed by atoms with Crippen LogP contribution >= 0.6 is 0 Å². The lowest BCUT2D eigenvalue weighted by Crippen LogP contribution is -2.10. The molecule has 0 fully saturated rings. The molecule has 0 spiro atoms. The van der Waals surface area contributed by atoms with Gasteiger partial charge in [0.2, 0.25) is 0 Å². The van der Waals surface area contributed by atoms with Crippen LogP contribution in [0, 0.1) is 17.0 Å². The summed E-state index contributed by atoms with van der Waals surface area (Å²) in [6, 6.07) is 4.78. The summed E-state index contributed by atoms with van der Waals surface area (Å²) in [6.07, 6.45) is 0.0422. The summed E-state index contributed by atoms with van der Waals surface area (Å²) in [5.41, 5.74) is 4.10. The van der Waals surface area contributed by atoms with Crippen LogP contribution in [0.5, 0.6) is 0 Å². The zero-order chi connectivity index (χ0) is 15.1. The van der Waals surface area contributed by atoms with Gasteiger partial charge in [0, 0.05) is 11.8 Å². The Kier molecular flexibility index (Phi) is 5.64. The Morgan fingerprint density at radius 2 is 2.20 bits per heavy atom. The number of nitrogens with one attached hydrogen (secondary N) is 1. The first-order valence-electron chi connectivity index (χ1n) is 6.14. The number of rotatable bonds is 6. The van der Waals surface area contributed by atoms with E-state index < -0.39 is 4.92 Å². The van der Waals surface area contributed by atoms with Gasteiger partial charge in [0.1, 0.15) is 5.69 Å². The van der Waals surface area contributed by atoms with Crippen molar-refractivity contribution in [1.29, 1.82) is 0 Å². The van der Waals surface area contributed by atoms with Gasteiger partial charge in [0.15, 0.2) is 0 Å². The summed E-state index contributed by atoms with van der Waals surface area (Å²) >= 11 is 0. The van der Waals surface area contributed by atoms with Crippen LogP contribution in [0.3, 0.4) is 0 Å². The maximum atomic E-state index is 11.2. The Hall–Kier alpha value is -2.44. The number of ether oxygens (including phenoxy) is 1. The second kappa shape index (κ2) is 7.22. The molecular formula is C13H17N3O4. The fraction of sp³-hybridized carbons (Fsp3) is 0.385. The number of nitrogens with zero attached hydrogens (tertiary/aromatic N) is 2. The summed E-state index contributed by atoms with van der Waals surface area (Å²) in [5, 5.41) is 14.9. The molecule has 0 aliphatic heterocycles. The van der Waals surface area contributed by atoms with Crippen LogP contribution in [0.4, 0.5) is 11.4 Å². The molecule has 7 heteroatoms. The summed E-state index contributed by atoms with van der Waals surface area (Å²) in [7, 11) is 0. The molecule has 0 bridgehead atoms. The Labute approximate surface area is 116 Å². The molecule has 0 aliphatic carbocycles. The molecule has 1 aromatic carbocycles. The number of esters is 1. The average Bonchev–Trinajstić information content (AvgIpc) is 2.37. The van der Waals surface area contributed by atoms with Gasteiger partial charge in [0.05, 0.1) is 18.0 Å². The first kappa shape index (κ1) is 15.6. The Bertz CT molecular complexity index is 540. The second-order valence-corrected chi connectivity index (χ2v) is 4.22. The van der Waals surface area contributed by atoms with Crippen LogP contribution < -0.4 is 5.43 Å². The maximum absolute atomic E-state index is 11.2. The number of hydrazone groups is 1. The largest absolute Gasteiger partial charge is 0.466 e. The third kappa shape index (κ3) is 4.68. The number of benzene rings is 1. The van der Waals surface area contributed by atoms with Gasteiger partial charge in [-0.3, -0.25) is 20.3 Å². The SMILES string of the molecule is CCOC(=O)C/C(C)=N/Nc1ccc(C)cc1[N+](=O)[O-]. The van der Waals surface area contributed by atoms with Gasteiger partial charge in [-0.15, -0.1) is 0 Å². The number of aryl methyl sites for hydroxylation is 1. The minimum Gasteiger partial charge on any atom is -0.466 e. The predicted octanol–water partition coefficient (Wildman–Crippen LogP) is 2.64. The van der Waals surface area contributed by atoms with Crippen LogP contribution in [0.2, 0.25) is 0 Å². The van der Waals surface area contributed by atoms with E-state index in [0.29, 0.717) is 12.3 Å². The van der Waals surface area contributed by atoms with Crippen molar-refractivity contribution in [3.05, 3.63) is 33.9 Å². The van der Waals surface area contributed by atoms with Crippen molar-refractivity contribution in [2.75, 3.05) is 12.0 Å². The summed E-state index contributed by atoms with van der Waals surface area (Å²) in [6.45, 7) is 5.44. The molecule has 20 heavy (non-hydrogen) atoms. The number of nitro groups is 1. The Balaban J connectivity index is 2.78. The van der Waals surface area contributed by atoms with Crippen molar-refractivity contribution in [3.8, 4) is 0 Å². The summed E-state index contributed by atoms with van der Waals surface area (Å²) < 4.78 is 4.79. The third-order valence-corrected chi connectivity index (χ3v) is 2.42. The second-order valence-electron chi connectivity index (χ2n) is 4.22. The average molecular weight is 279 g/mol. The molecule has 1 N–H and O–H groups in total. The number of hydrogen-bond acceptors (Lipinski definition) is 6. The van der Waals surface area contributed by atoms with Crippen LogP contribution in [0.1, 0.15) is 25.8 Å². The molecule has 0 saturated carbocycles. The van der Waals surface area contributed by atoms with Gasteiger partial charge in [-0.05, 0) is 32.4 Å². The number of carbonyl (C=O) groups is 1. The Morgan fingerprint density at radius 1 is 1.50 bits per heavy atom. The minimum absolute atomic E-state index is 0.0422. The first-order valence-corrected chi connectivity index (χ1v) is 6.14.